The van der Waals surface area contributed by atoms with Gasteiger partial charge in [0, 0.05) is 0 Å². The fourth-order valence-electron chi connectivity index (χ4n) is 4.96. The van der Waals surface area contributed by atoms with Crippen LogP contribution in [0.1, 0.15) is 47.0 Å². The molecule has 1 nitrogen and oxygen atoms in total. The minimum Gasteiger partial charge on any atom is -0.337 e. The molecule has 3 rings (SSSR count). The zero-order chi connectivity index (χ0) is 12.2. The van der Waals surface area contributed by atoms with Crippen LogP contribution in [0.25, 0.3) is 0 Å². The number of nitrogens with zero attached hydrogens (tertiary/aromatic N) is 1. The molecule has 3 aliphatic rings. The van der Waals surface area contributed by atoms with Gasteiger partial charge in [-0.25, -0.2) is 0 Å². The summed E-state index contributed by atoms with van der Waals surface area (Å²) in [6.45, 7) is 10.3. The van der Waals surface area contributed by atoms with Gasteiger partial charge in [-0.1, -0.05) is 38.8 Å². The second kappa shape index (κ2) is 4.15. The van der Waals surface area contributed by atoms with Crippen LogP contribution in [-0.4, -0.2) is 23.7 Å². The Morgan fingerprint density at radius 3 is 1.82 bits per heavy atom. The summed E-state index contributed by atoms with van der Waals surface area (Å²) in [5.74, 6) is 2.00. The summed E-state index contributed by atoms with van der Waals surface area (Å²) in [5.41, 5.74) is 3.80. The van der Waals surface area contributed by atoms with Crippen molar-refractivity contribution in [3.63, 3.8) is 0 Å². The van der Waals surface area contributed by atoms with E-state index in [1.165, 1.54) is 31.9 Å². The summed E-state index contributed by atoms with van der Waals surface area (Å²) < 4.78 is 0. The molecule has 1 aliphatic heterocycles. The molecule has 0 spiro atoms. The average molecular weight is 231 g/mol. The molecule has 2 aliphatic carbocycles. The average Bonchev–Trinajstić information content (AvgIpc) is 2.84. The second-order valence-corrected chi connectivity index (χ2v) is 6.95. The van der Waals surface area contributed by atoms with E-state index in [0.29, 0.717) is 12.1 Å². The lowest BCUT2D eigenvalue weighted by Gasteiger charge is -2.35. The van der Waals surface area contributed by atoms with E-state index in [1.54, 1.807) is 0 Å². The fourth-order valence-corrected chi connectivity index (χ4v) is 4.96. The molecule has 0 N–H and O–H groups in total. The van der Waals surface area contributed by atoms with Crippen molar-refractivity contribution in [1.82, 2.24) is 4.81 Å². The van der Waals surface area contributed by atoms with Gasteiger partial charge in [-0.15, -0.1) is 0 Å². The van der Waals surface area contributed by atoms with Crippen LogP contribution >= 0.6 is 0 Å². The zero-order valence-electron chi connectivity index (χ0n) is 11.9. The fraction of sp³-hybridized carbons (Fsp3) is 0.867. The van der Waals surface area contributed by atoms with Crippen molar-refractivity contribution in [2.45, 2.75) is 71.7 Å². The Hall–Kier alpha value is -0.235. The SMILES string of the molecule is CC(C)N(B1CC2=C(C1)[C@H]1CC[C@@H]2C1)C(C)C. The van der Waals surface area contributed by atoms with E-state index in [1.807, 2.05) is 11.1 Å². The van der Waals surface area contributed by atoms with Crippen molar-refractivity contribution in [2.24, 2.45) is 11.8 Å². The first-order chi connectivity index (χ1) is 8.08. The van der Waals surface area contributed by atoms with Gasteiger partial charge < -0.3 is 4.81 Å². The predicted octanol–water partition coefficient (Wildman–Crippen LogP) is 3.84. The summed E-state index contributed by atoms with van der Waals surface area (Å²) in [6, 6.07) is 1.38. The number of fused-ring (bicyclic) bond motifs is 4. The predicted molar refractivity (Wildman–Crippen MR) is 75.3 cm³/mol. The van der Waals surface area contributed by atoms with Crippen molar-refractivity contribution in [2.75, 3.05) is 0 Å². The van der Waals surface area contributed by atoms with Gasteiger partial charge in [-0.3, -0.25) is 0 Å². The molecule has 17 heavy (non-hydrogen) atoms. The van der Waals surface area contributed by atoms with Crippen molar-refractivity contribution < 1.29 is 0 Å². The first-order valence-electron chi connectivity index (χ1n) is 7.57. The lowest BCUT2D eigenvalue weighted by Crippen LogP contribution is -2.47. The normalized spacial score (nSPS) is 31.6. The third-order valence-electron chi connectivity index (χ3n) is 5.36. The van der Waals surface area contributed by atoms with E-state index >= 15 is 0 Å². The molecule has 0 aromatic rings. The van der Waals surface area contributed by atoms with Gasteiger partial charge >= 0.3 is 0 Å². The molecular weight excluding hydrogens is 205 g/mol. The highest BCUT2D eigenvalue weighted by atomic mass is 15.1. The van der Waals surface area contributed by atoms with Crippen LogP contribution in [0, 0.1) is 11.8 Å². The maximum absolute atomic E-state index is 2.75. The summed E-state index contributed by atoms with van der Waals surface area (Å²) in [5, 5.41) is 0. The Kier molecular flexibility index (Phi) is 2.89. The number of hydrogen-bond donors (Lipinski definition) is 0. The van der Waals surface area contributed by atoms with E-state index in [-0.39, 0.29) is 0 Å². The van der Waals surface area contributed by atoms with E-state index < -0.39 is 0 Å². The number of hydrogen-bond acceptors (Lipinski definition) is 1. The molecule has 2 heteroatoms. The first kappa shape index (κ1) is 11.8. The summed E-state index contributed by atoms with van der Waals surface area (Å²) in [6.07, 6.45) is 7.31. The van der Waals surface area contributed by atoms with Crippen LogP contribution in [0.3, 0.4) is 0 Å². The molecule has 0 amide bonds. The molecule has 0 saturated heterocycles. The molecule has 0 aromatic carbocycles. The molecule has 1 fully saturated rings. The Morgan fingerprint density at radius 1 is 0.941 bits per heavy atom. The van der Waals surface area contributed by atoms with E-state index in [9.17, 15) is 0 Å². The standard InChI is InChI=1S/C15H26BN/c1-10(2)17(11(3)4)16-8-14-12-5-6-13(7-12)15(14)9-16/h10-13H,5-9H2,1-4H3/t12-,13+. The molecule has 0 aromatic heterocycles. The van der Waals surface area contributed by atoms with Crippen LogP contribution in [0.5, 0.6) is 0 Å². The topological polar surface area (TPSA) is 3.24 Å². The lowest BCUT2D eigenvalue weighted by atomic mass is 9.54. The van der Waals surface area contributed by atoms with Gasteiger partial charge in [-0.2, -0.15) is 0 Å². The molecule has 94 valence electrons. The second-order valence-electron chi connectivity index (χ2n) is 6.95. The Morgan fingerprint density at radius 2 is 1.41 bits per heavy atom. The number of allylic oxidation sites excluding steroid dienone is 2. The Bertz CT molecular complexity index is 315. The molecular formula is C15H26BN. The lowest BCUT2D eigenvalue weighted by molar-refractivity contribution is 0.302. The molecule has 0 radical (unpaired) electrons. The minimum atomic E-state index is 0.692. The number of rotatable bonds is 3. The monoisotopic (exact) mass is 231 g/mol. The van der Waals surface area contributed by atoms with Crippen molar-refractivity contribution >= 4 is 6.85 Å². The smallest absolute Gasteiger partial charge is 0.231 e. The Labute approximate surface area is 107 Å². The van der Waals surface area contributed by atoms with Crippen LogP contribution in [-0.2, 0) is 0 Å². The highest BCUT2D eigenvalue weighted by Crippen LogP contribution is 2.55. The quantitative estimate of drug-likeness (QED) is 0.527. The van der Waals surface area contributed by atoms with Gasteiger partial charge in [0.25, 0.3) is 0 Å². The largest absolute Gasteiger partial charge is 0.337 e. The van der Waals surface area contributed by atoms with Crippen LogP contribution < -0.4 is 0 Å². The summed E-state index contributed by atoms with van der Waals surface area (Å²) >= 11 is 0. The van der Waals surface area contributed by atoms with Gasteiger partial charge in [-0.05, 0) is 55.8 Å². The summed E-state index contributed by atoms with van der Waals surface area (Å²) in [7, 11) is 0. The van der Waals surface area contributed by atoms with Gasteiger partial charge in [0.1, 0.15) is 0 Å². The third kappa shape index (κ3) is 1.80. The van der Waals surface area contributed by atoms with E-state index in [0.717, 1.165) is 18.7 Å². The zero-order valence-corrected chi connectivity index (χ0v) is 11.9. The molecule has 1 heterocycles. The van der Waals surface area contributed by atoms with Gasteiger partial charge in [0.15, 0.2) is 0 Å². The van der Waals surface area contributed by atoms with Crippen molar-refractivity contribution in [3.8, 4) is 0 Å². The van der Waals surface area contributed by atoms with Crippen LogP contribution in [0.4, 0.5) is 0 Å². The molecule has 2 bridgehead atoms. The summed E-state index contributed by atoms with van der Waals surface area (Å²) in [4.78, 5) is 2.75. The third-order valence-corrected chi connectivity index (χ3v) is 5.36. The maximum atomic E-state index is 2.75. The molecule has 0 unspecified atom stereocenters. The van der Waals surface area contributed by atoms with Gasteiger partial charge in [0.2, 0.25) is 6.85 Å². The van der Waals surface area contributed by atoms with Crippen molar-refractivity contribution in [3.05, 3.63) is 11.1 Å². The van der Waals surface area contributed by atoms with Crippen LogP contribution in [0.2, 0.25) is 12.6 Å². The molecule has 1 saturated carbocycles. The van der Waals surface area contributed by atoms with E-state index in [2.05, 4.69) is 32.5 Å². The molecule has 2 atom stereocenters. The van der Waals surface area contributed by atoms with Crippen molar-refractivity contribution in [1.29, 1.82) is 0 Å². The maximum Gasteiger partial charge on any atom is 0.231 e. The minimum absolute atomic E-state index is 0.692. The highest BCUT2D eigenvalue weighted by Gasteiger charge is 2.46. The van der Waals surface area contributed by atoms with Crippen LogP contribution in [0.15, 0.2) is 11.1 Å². The first-order valence-corrected chi connectivity index (χ1v) is 7.57. The van der Waals surface area contributed by atoms with Gasteiger partial charge in [0.05, 0.1) is 0 Å². The highest BCUT2D eigenvalue weighted by molar-refractivity contribution is 6.58. The Balaban J connectivity index is 1.74. The van der Waals surface area contributed by atoms with E-state index in [4.69, 9.17) is 0 Å².